The third kappa shape index (κ3) is 4.57. The van der Waals surface area contributed by atoms with Crippen LogP contribution in [0.4, 0.5) is 0 Å². The van der Waals surface area contributed by atoms with Crippen LogP contribution in [-0.4, -0.2) is 10.7 Å². The molecular weight excluding hydrogens is 363 g/mol. The van der Waals surface area contributed by atoms with E-state index in [1.165, 1.54) is 12.0 Å². The van der Waals surface area contributed by atoms with Gasteiger partial charge in [0.15, 0.2) is 0 Å². The summed E-state index contributed by atoms with van der Waals surface area (Å²) in [5.74, 6) is 0.688. The molecule has 0 saturated heterocycles. The minimum atomic E-state index is 0.249. The zero-order valence-corrected chi connectivity index (χ0v) is 14.3. The lowest BCUT2D eigenvalue weighted by Gasteiger charge is -2.32. The van der Waals surface area contributed by atoms with Crippen LogP contribution in [0.5, 0.6) is 0 Å². The van der Waals surface area contributed by atoms with E-state index in [2.05, 4.69) is 57.8 Å². The lowest BCUT2D eigenvalue weighted by molar-refractivity contribution is 0.304. The molecule has 0 bridgehead atoms. The molecule has 17 heavy (non-hydrogen) atoms. The predicted octanol–water partition coefficient (Wildman–Crippen LogP) is 5.70. The van der Waals surface area contributed by atoms with Gasteiger partial charge in [0.05, 0.1) is 0 Å². The molecule has 0 nitrogen and oxygen atoms in total. The summed E-state index contributed by atoms with van der Waals surface area (Å²) in [5, 5.41) is 2.87. The van der Waals surface area contributed by atoms with Crippen molar-refractivity contribution in [3.63, 3.8) is 0 Å². The zero-order chi connectivity index (χ0) is 12.9. The van der Waals surface area contributed by atoms with Crippen LogP contribution in [0.25, 0.3) is 0 Å². The van der Waals surface area contributed by atoms with Crippen molar-refractivity contribution in [2.75, 3.05) is 10.7 Å². The molecule has 0 N–H and O–H groups in total. The highest BCUT2D eigenvalue weighted by molar-refractivity contribution is 9.09. The molecule has 0 heterocycles. The van der Waals surface area contributed by atoms with Gasteiger partial charge in [-0.3, -0.25) is 0 Å². The van der Waals surface area contributed by atoms with E-state index in [0.717, 1.165) is 22.1 Å². The smallest absolute Gasteiger partial charge is 0.0438 e. The normalized spacial score (nSPS) is 12.1. The van der Waals surface area contributed by atoms with Crippen LogP contribution < -0.4 is 0 Å². The number of benzene rings is 1. The molecule has 0 saturated carbocycles. The molecule has 0 radical (unpaired) electrons. The standard InChI is InChI=1S/C14H19Br2Cl/c1-11(2)7-14(9-15,10-16)8-12-5-3-4-6-13(12)17/h3-6,11H,7-10H2,1-2H3. The molecule has 0 aliphatic rings. The van der Waals surface area contributed by atoms with Crippen LogP contribution in [0.1, 0.15) is 25.8 Å². The maximum Gasteiger partial charge on any atom is 0.0438 e. The van der Waals surface area contributed by atoms with Gasteiger partial charge in [0.1, 0.15) is 0 Å². The highest BCUT2D eigenvalue weighted by Gasteiger charge is 2.29. The van der Waals surface area contributed by atoms with Crippen molar-refractivity contribution in [2.45, 2.75) is 26.7 Å². The summed E-state index contributed by atoms with van der Waals surface area (Å²) in [6.07, 6.45) is 2.20. The summed E-state index contributed by atoms with van der Waals surface area (Å²) in [6.45, 7) is 4.54. The first-order chi connectivity index (χ1) is 8.03. The second kappa shape index (κ2) is 7.16. The third-order valence-corrected chi connectivity index (χ3v) is 5.68. The number of hydrogen-bond acceptors (Lipinski definition) is 0. The number of halogens is 3. The minimum absolute atomic E-state index is 0.249. The fraction of sp³-hybridized carbons (Fsp3) is 0.571. The molecule has 0 amide bonds. The van der Waals surface area contributed by atoms with Crippen LogP contribution in [-0.2, 0) is 6.42 Å². The van der Waals surface area contributed by atoms with Crippen molar-refractivity contribution in [1.29, 1.82) is 0 Å². The topological polar surface area (TPSA) is 0 Å². The molecule has 0 aliphatic heterocycles. The minimum Gasteiger partial charge on any atom is -0.0922 e. The summed E-state index contributed by atoms with van der Waals surface area (Å²) >= 11 is 13.6. The molecule has 0 spiro atoms. The van der Waals surface area contributed by atoms with Crippen LogP contribution in [0.2, 0.25) is 5.02 Å². The van der Waals surface area contributed by atoms with Gasteiger partial charge in [-0.2, -0.15) is 0 Å². The van der Waals surface area contributed by atoms with Crippen LogP contribution in [0.3, 0.4) is 0 Å². The van der Waals surface area contributed by atoms with E-state index >= 15 is 0 Å². The van der Waals surface area contributed by atoms with Gasteiger partial charge in [-0.1, -0.05) is 75.5 Å². The largest absolute Gasteiger partial charge is 0.0922 e. The molecule has 0 fully saturated rings. The molecule has 0 unspecified atom stereocenters. The van der Waals surface area contributed by atoms with Crippen LogP contribution >= 0.6 is 43.5 Å². The zero-order valence-electron chi connectivity index (χ0n) is 10.3. The SMILES string of the molecule is CC(C)CC(CBr)(CBr)Cc1ccccc1Cl. The molecule has 1 aromatic carbocycles. The van der Waals surface area contributed by atoms with Gasteiger partial charge in [0, 0.05) is 15.7 Å². The highest BCUT2D eigenvalue weighted by Crippen LogP contribution is 2.36. The van der Waals surface area contributed by atoms with Gasteiger partial charge in [-0.05, 0) is 35.8 Å². The molecule has 0 aromatic heterocycles. The van der Waals surface area contributed by atoms with Crippen molar-refractivity contribution in [3.8, 4) is 0 Å². The quantitative estimate of drug-likeness (QED) is 0.553. The first kappa shape index (κ1) is 15.5. The Labute approximate surface area is 126 Å². The average molecular weight is 383 g/mol. The van der Waals surface area contributed by atoms with Crippen LogP contribution in [0.15, 0.2) is 24.3 Å². The van der Waals surface area contributed by atoms with Gasteiger partial charge < -0.3 is 0 Å². The number of hydrogen-bond donors (Lipinski definition) is 0. The number of alkyl halides is 2. The molecule has 0 aliphatic carbocycles. The van der Waals surface area contributed by atoms with Gasteiger partial charge in [-0.25, -0.2) is 0 Å². The fourth-order valence-corrected chi connectivity index (χ4v) is 4.21. The van der Waals surface area contributed by atoms with Gasteiger partial charge >= 0.3 is 0 Å². The molecular formula is C14H19Br2Cl. The number of rotatable bonds is 6. The second-order valence-electron chi connectivity index (χ2n) is 5.13. The van der Waals surface area contributed by atoms with E-state index in [4.69, 9.17) is 11.6 Å². The van der Waals surface area contributed by atoms with E-state index in [-0.39, 0.29) is 5.41 Å². The van der Waals surface area contributed by atoms with E-state index in [0.29, 0.717) is 5.92 Å². The maximum atomic E-state index is 6.25. The van der Waals surface area contributed by atoms with Crippen molar-refractivity contribution >= 4 is 43.5 Å². The van der Waals surface area contributed by atoms with Crippen molar-refractivity contribution in [1.82, 2.24) is 0 Å². The second-order valence-corrected chi connectivity index (χ2v) is 6.66. The van der Waals surface area contributed by atoms with Gasteiger partial charge in [0.25, 0.3) is 0 Å². The summed E-state index contributed by atoms with van der Waals surface area (Å²) in [7, 11) is 0. The molecule has 1 rings (SSSR count). The Hall–Kier alpha value is 0.470. The van der Waals surface area contributed by atoms with E-state index in [1.807, 2.05) is 12.1 Å². The fourth-order valence-electron chi connectivity index (χ4n) is 2.22. The summed E-state index contributed by atoms with van der Waals surface area (Å²) < 4.78 is 0. The van der Waals surface area contributed by atoms with Gasteiger partial charge in [-0.15, -0.1) is 0 Å². The monoisotopic (exact) mass is 380 g/mol. The lowest BCUT2D eigenvalue weighted by Crippen LogP contribution is -2.29. The lowest BCUT2D eigenvalue weighted by atomic mass is 9.79. The average Bonchev–Trinajstić information content (AvgIpc) is 2.30. The van der Waals surface area contributed by atoms with Crippen molar-refractivity contribution in [3.05, 3.63) is 34.9 Å². The first-order valence-electron chi connectivity index (χ1n) is 5.88. The predicted molar refractivity (Wildman–Crippen MR) is 84.6 cm³/mol. The molecule has 0 atom stereocenters. The maximum absolute atomic E-state index is 6.25. The highest BCUT2D eigenvalue weighted by atomic mass is 79.9. The Balaban J connectivity index is 2.90. The summed E-state index contributed by atoms with van der Waals surface area (Å²) in [5.41, 5.74) is 1.49. The Morgan fingerprint density at radius 1 is 1.18 bits per heavy atom. The van der Waals surface area contributed by atoms with Crippen molar-refractivity contribution in [2.24, 2.45) is 11.3 Å². The Morgan fingerprint density at radius 3 is 2.24 bits per heavy atom. The third-order valence-electron chi connectivity index (χ3n) is 2.93. The van der Waals surface area contributed by atoms with Gasteiger partial charge in [0.2, 0.25) is 0 Å². The van der Waals surface area contributed by atoms with E-state index in [1.54, 1.807) is 0 Å². The first-order valence-corrected chi connectivity index (χ1v) is 8.50. The Morgan fingerprint density at radius 2 is 1.76 bits per heavy atom. The summed E-state index contributed by atoms with van der Waals surface area (Å²) in [6, 6.07) is 8.14. The molecule has 96 valence electrons. The Bertz CT molecular complexity index is 346. The molecule has 3 heteroatoms. The van der Waals surface area contributed by atoms with Crippen LogP contribution in [0, 0.1) is 11.3 Å². The van der Waals surface area contributed by atoms with E-state index in [9.17, 15) is 0 Å². The van der Waals surface area contributed by atoms with E-state index < -0.39 is 0 Å². The molecule has 1 aromatic rings. The summed E-state index contributed by atoms with van der Waals surface area (Å²) in [4.78, 5) is 0. The van der Waals surface area contributed by atoms with Crippen molar-refractivity contribution < 1.29 is 0 Å². The Kier molecular flexibility index (Phi) is 6.54.